The number of hydrogen-bond acceptors (Lipinski definition) is 5. The van der Waals surface area contributed by atoms with E-state index in [0.717, 1.165) is 78.4 Å². The van der Waals surface area contributed by atoms with Gasteiger partial charge in [0, 0.05) is 24.3 Å². The van der Waals surface area contributed by atoms with Crippen LogP contribution in [0, 0.1) is 6.92 Å². The molecule has 0 bridgehead atoms. The summed E-state index contributed by atoms with van der Waals surface area (Å²) in [4.78, 5) is 7.49. The summed E-state index contributed by atoms with van der Waals surface area (Å²) in [6.07, 6.45) is 4.03. The minimum Gasteiger partial charge on any atom is -0.497 e. The van der Waals surface area contributed by atoms with Crippen LogP contribution in [-0.2, 0) is 19.4 Å². The monoisotopic (exact) mass is 424 g/mol. The first-order chi connectivity index (χ1) is 15.0. The molecule has 3 rings (SSSR count). The molecule has 0 amide bonds. The lowest BCUT2D eigenvalue weighted by atomic mass is 10.00. The van der Waals surface area contributed by atoms with E-state index in [0.29, 0.717) is 5.69 Å². The number of fused-ring (bicyclic) bond motifs is 1. The van der Waals surface area contributed by atoms with E-state index in [1.165, 1.54) is 5.56 Å². The fourth-order valence-electron chi connectivity index (χ4n) is 4.33. The summed E-state index contributed by atoms with van der Waals surface area (Å²) in [6.45, 7) is 12.6. The van der Waals surface area contributed by atoms with Crippen molar-refractivity contribution in [3.05, 3.63) is 40.7 Å². The summed E-state index contributed by atoms with van der Waals surface area (Å²) >= 11 is 0. The zero-order valence-electron chi connectivity index (χ0n) is 19.8. The van der Waals surface area contributed by atoms with Gasteiger partial charge in [-0.25, -0.2) is 4.98 Å². The number of ether oxygens (including phenoxy) is 1. The van der Waals surface area contributed by atoms with Crippen molar-refractivity contribution >= 4 is 11.5 Å². The van der Waals surface area contributed by atoms with Crippen LogP contribution < -0.4 is 9.64 Å². The Balaban J connectivity index is 2.37. The number of aromatic nitrogens is 3. The molecule has 0 saturated carbocycles. The molecule has 2 heterocycles. The van der Waals surface area contributed by atoms with Crippen LogP contribution in [0.4, 0.5) is 5.82 Å². The summed E-state index contributed by atoms with van der Waals surface area (Å²) in [5.41, 5.74) is 6.84. The second-order valence-corrected chi connectivity index (χ2v) is 7.90. The lowest BCUT2D eigenvalue weighted by Crippen LogP contribution is -2.28. The molecule has 0 spiro atoms. The Bertz CT molecular complexity index is 1040. The summed E-state index contributed by atoms with van der Waals surface area (Å²) < 4.78 is 7.36. The highest BCUT2D eigenvalue weighted by Crippen LogP contribution is 2.36. The first-order valence-electron chi connectivity index (χ1n) is 11.5. The molecule has 1 aromatic carbocycles. The fraction of sp³-hybridized carbons (Fsp3) is 0.520. The average molecular weight is 425 g/mol. The van der Waals surface area contributed by atoms with E-state index in [9.17, 15) is 5.11 Å². The Morgan fingerprint density at radius 3 is 2.42 bits per heavy atom. The fourth-order valence-corrected chi connectivity index (χ4v) is 4.33. The maximum atomic E-state index is 10.2. The van der Waals surface area contributed by atoms with Crippen LogP contribution >= 0.6 is 0 Å². The molecule has 0 aliphatic rings. The standard InChI is InChI=1S/C25H36N4O2/c1-7-11-14-28(10-4)25-19(8-2)21(9-3)26-24-23(22(16-30)27-29(24)25)20-13-12-18(31-6)15-17(20)5/h12-13,15,30H,7-11,14,16H2,1-6H3. The van der Waals surface area contributed by atoms with Gasteiger partial charge in [0.2, 0.25) is 0 Å². The number of benzene rings is 1. The molecule has 0 unspecified atom stereocenters. The summed E-state index contributed by atoms with van der Waals surface area (Å²) in [7, 11) is 1.67. The van der Waals surface area contributed by atoms with Crippen molar-refractivity contribution in [2.75, 3.05) is 25.1 Å². The van der Waals surface area contributed by atoms with Crippen molar-refractivity contribution in [2.45, 2.75) is 66.9 Å². The molecule has 2 aromatic heterocycles. The Morgan fingerprint density at radius 1 is 1.10 bits per heavy atom. The van der Waals surface area contributed by atoms with Gasteiger partial charge in [-0.2, -0.15) is 9.61 Å². The largest absolute Gasteiger partial charge is 0.497 e. The van der Waals surface area contributed by atoms with E-state index in [2.05, 4.69) is 39.5 Å². The minimum atomic E-state index is -0.131. The van der Waals surface area contributed by atoms with Gasteiger partial charge in [-0.15, -0.1) is 0 Å². The SMILES string of the molecule is CCCCN(CC)c1c(CC)c(CC)nc2c(-c3ccc(OC)cc3C)c(CO)nn12. The van der Waals surface area contributed by atoms with Crippen molar-refractivity contribution in [1.29, 1.82) is 0 Å². The number of aliphatic hydroxyl groups excluding tert-OH is 1. The van der Waals surface area contributed by atoms with Gasteiger partial charge in [-0.1, -0.05) is 33.3 Å². The number of aryl methyl sites for hydroxylation is 2. The molecule has 31 heavy (non-hydrogen) atoms. The predicted octanol–water partition coefficient (Wildman–Crippen LogP) is 4.96. The highest BCUT2D eigenvalue weighted by Gasteiger charge is 2.24. The van der Waals surface area contributed by atoms with Gasteiger partial charge in [0.1, 0.15) is 11.6 Å². The van der Waals surface area contributed by atoms with Crippen molar-refractivity contribution in [2.24, 2.45) is 0 Å². The first kappa shape index (κ1) is 23.1. The molecule has 168 valence electrons. The van der Waals surface area contributed by atoms with E-state index in [1.54, 1.807) is 7.11 Å². The number of hydrogen-bond donors (Lipinski definition) is 1. The molecule has 0 aliphatic heterocycles. The van der Waals surface area contributed by atoms with E-state index >= 15 is 0 Å². The molecule has 0 atom stereocenters. The third-order valence-corrected chi connectivity index (χ3v) is 6.00. The van der Waals surface area contributed by atoms with Crippen molar-refractivity contribution in [3.63, 3.8) is 0 Å². The highest BCUT2D eigenvalue weighted by molar-refractivity contribution is 5.83. The molecule has 0 aliphatic carbocycles. The van der Waals surface area contributed by atoms with Crippen LogP contribution in [0.5, 0.6) is 5.75 Å². The number of rotatable bonds is 10. The van der Waals surface area contributed by atoms with E-state index < -0.39 is 0 Å². The smallest absolute Gasteiger partial charge is 0.165 e. The van der Waals surface area contributed by atoms with Crippen molar-refractivity contribution in [1.82, 2.24) is 14.6 Å². The number of methoxy groups -OCH3 is 1. The van der Waals surface area contributed by atoms with Gasteiger partial charge in [-0.3, -0.25) is 0 Å². The van der Waals surface area contributed by atoms with Crippen molar-refractivity contribution in [3.8, 4) is 16.9 Å². The van der Waals surface area contributed by atoms with E-state index in [4.69, 9.17) is 14.8 Å². The third kappa shape index (κ3) is 4.26. The molecule has 0 fully saturated rings. The predicted molar refractivity (Wildman–Crippen MR) is 127 cm³/mol. The molecule has 0 radical (unpaired) electrons. The van der Waals surface area contributed by atoms with Crippen LogP contribution in [0.25, 0.3) is 16.8 Å². The van der Waals surface area contributed by atoms with Crippen LogP contribution in [0.3, 0.4) is 0 Å². The number of unbranched alkanes of at least 4 members (excludes halogenated alkanes) is 1. The molecule has 0 saturated heterocycles. The van der Waals surface area contributed by atoms with Gasteiger partial charge in [0.05, 0.1) is 25.0 Å². The van der Waals surface area contributed by atoms with E-state index in [-0.39, 0.29) is 6.61 Å². The summed E-state index contributed by atoms with van der Waals surface area (Å²) in [6, 6.07) is 6.01. The van der Waals surface area contributed by atoms with Gasteiger partial charge < -0.3 is 14.7 Å². The van der Waals surface area contributed by atoms with Crippen LogP contribution in [0.2, 0.25) is 0 Å². The molecule has 3 aromatic rings. The minimum absolute atomic E-state index is 0.131. The first-order valence-corrected chi connectivity index (χ1v) is 11.5. The van der Waals surface area contributed by atoms with Gasteiger partial charge in [-0.05, 0) is 56.4 Å². The van der Waals surface area contributed by atoms with Gasteiger partial charge >= 0.3 is 0 Å². The highest BCUT2D eigenvalue weighted by atomic mass is 16.5. The molecular weight excluding hydrogens is 388 g/mol. The maximum absolute atomic E-state index is 10.2. The Kier molecular flexibility index (Phi) is 7.55. The number of nitrogens with zero attached hydrogens (tertiary/aromatic N) is 4. The molecule has 1 N–H and O–H groups in total. The second kappa shape index (κ2) is 10.1. The zero-order chi connectivity index (χ0) is 22.5. The average Bonchev–Trinajstić information content (AvgIpc) is 3.16. The van der Waals surface area contributed by atoms with Crippen LogP contribution in [-0.4, -0.2) is 39.9 Å². The Labute approximate surface area is 185 Å². The van der Waals surface area contributed by atoms with E-state index in [1.807, 2.05) is 22.7 Å². The van der Waals surface area contributed by atoms with Crippen LogP contribution in [0.15, 0.2) is 18.2 Å². The maximum Gasteiger partial charge on any atom is 0.165 e. The quantitative estimate of drug-likeness (QED) is 0.498. The third-order valence-electron chi connectivity index (χ3n) is 6.00. The zero-order valence-corrected chi connectivity index (χ0v) is 19.8. The Morgan fingerprint density at radius 2 is 1.87 bits per heavy atom. The van der Waals surface area contributed by atoms with Gasteiger partial charge in [0.15, 0.2) is 5.65 Å². The number of anilines is 1. The topological polar surface area (TPSA) is 62.9 Å². The van der Waals surface area contributed by atoms with Crippen molar-refractivity contribution < 1.29 is 9.84 Å². The summed E-state index contributed by atoms with van der Waals surface area (Å²) in [5.74, 6) is 1.93. The molecule has 6 heteroatoms. The lowest BCUT2D eigenvalue weighted by molar-refractivity contribution is 0.277. The Hall–Kier alpha value is -2.60. The van der Waals surface area contributed by atoms with Crippen LogP contribution in [0.1, 0.15) is 63.1 Å². The molecular formula is C25H36N4O2. The van der Waals surface area contributed by atoms with Gasteiger partial charge in [0.25, 0.3) is 0 Å². The number of aliphatic hydroxyl groups is 1. The normalized spacial score (nSPS) is 11.3. The lowest BCUT2D eigenvalue weighted by Gasteiger charge is -2.27. The summed E-state index contributed by atoms with van der Waals surface area (Å²) in [5, 5.41) is 15.1. The molecule has 6 nitrogen and oxygen atoms in total. The second-order valence-electron chi connectivity index (χ2n) is 7.90.